The van der Waals surface area contributed by atoms with Crippen molar-refractivity contribution in [2.75, 3.05) is 12.0 Å². The molecule has 2 aliphatic rings. The molecule has 2 unspecified atom stereocenters. The van der Waals surface area contributed by atoms with E-state index in [1.807, 2.05) is 60.7 Å². The lowest BCUT2D eigenvalue weighted by Crippen LogP contribution is -2.44. The number of thiocarbonyl (C=S) groups is 1. The van der Waals surface area contributed by atoms with E-state index in [0.29, 0.717) is 11.5 Å². The Morgan fingerprint density at radius 2 is 1.69 bits per heavy atom. The molecule has 5 nitrogen and oxygen atoms in total. The minimum absolute atomic E-state index is 0.0111. The van der Waals surface area contributed by atoms with Gasteiger partial charge in [0.2, 0.25) is 0 Å². The second-order valence-corrected chi connectivity index (χ2v) is 8.49. The van der Waals surface area contributed by atoms with Gasteiger partial charge in [0.1, 0.15) is 17.8 Å². The Balaban J connectivity index is 1.58. The largest absolute Gasteiger partial charge is 0.496 e. The fourth-order valence-corrected chi connectivity index (χ4v) is 5.53. The number of ether oxygens (including phenoxy) is 1. The third-order valence-electron chi connectivity index (χ3n) is 6.50. The molecule has 1 amide bonds. The van der Waals surface area contributed by atoms with Crippen molar-refractivity contribution < 1.29 is 9.53 Å². The monoisotopic (exact) mass is 439 g/mol. The number of aromatic nitrogens is 1. The van der Waals surface area contributed by atoms with E-state index >= 15 is 0 Å². The Bertz CT molecular complexity index is 1360. The summed E-state index contributed by atoms with van der Waals surface area (Å²) in [5.41, 5.74) is 5.08. The van der Waals surface area contributed by atoms with Crippen molar-refractivity contribution in [1.29, 1.82) is 0 Å². The fraction of sp³-hybridized carbons (Fsp3) is 0.154. The van der Waals surface area contributed by atoms with E-state index in [-0.39, 0.29) is 18.0 Å². The van der Waals surface area contributed by atoms with Crippen LogP contribution in [0.25, 0.3) is 10.9 Å². The topological polar surface area (TPSA) is 48.6 Å². The zero-order chi connectivity index (χ0) is 21.8. The van der Waals surface area contributed by atoms with Crippen molar-refractivity contribution in [2.24, 2.45) is 0 Å². The number of nitrogens with zero attached hydrogens (tertiary/aromatic N) is 2. The van der Waals surface area contributed by atoms with Gasteiger partial charge in [-0.25, -0.2) is 0 Å². The van der Waals surface area contributed by atoms with E-state index in [1.54, 1.807) is 12.0 Å². The number of aromatic amines is 1. The van der Waals surface area contributed by atoms with Crippen LogP contribution >= 0.6 is 12.2 Å². The number of methoxy groups -OCH3 is 1. The number of benzene rings is 3. The molecule has 2 atom stereocenters. The summed E-state index contributed by atoms with van der Waals surface area (Å²) < 4.78 is 5.73. The molecule has 1 saturated heterocycles. The Morgan fingerprint density at radius 3 is 2.50 bits per heavy atom. The number of hydrogen-bond acceptors (Lipinski definition) is 3. The molecule has 32 heavy (non-hydrogen) atoms. The average Bonchev–Trinajstić information content (AvgIpc) is 3.33. The smallest absolute Gasteiger partial charge is 0.256 e. The predicted octanol–water partition coefficient (Wildman–Crippen LogP) is 4.82. The van der Waals surface area contributed by atoms with Crippen LogP contribution < -0.4 is 9.64 Å². The maximum atomic E-state index is 13.7. The van der Waals surface area contributed by atoms with Gasteiger partial charge < -0.3 is 14.6 Å². The van der Waals surface area contributed by atoms with E-state index in [1.165, 1.54) is 5.56 Å². The number of nitrogens with one attached hydrogen (secondary N) is 1. The molecule has 158 valence electrons. The summed E-state index contributed by atoms with van der Waals surface area (Å²) in [6.07, 6.45) is 0.604. The van der Waals surface area contributed by atoms with Gasteiger partial charge in [-0.2, -0.15) is 0 Å². The minimum Gasteiger partial charge on any atom is -0.496 e. The standard InChI is InChI=1S/C26H21N3O2S/c1-31-22-14-8-6-12-18(22)24-23-19(17-11-5-7-13-20(17)27-23)15-21-25(30)28(26(32)29(21)24)16-9-3-2-4-10-16/h2-14,21,24,27H,15H2,1H3. The molecule has 6 rings (SSSR count). The van der Waals surface area contributed by atoms with Gasteiger partial charge in [-0.3, -0.25) is 9.69 Å². The van der Waals surface area contributed by atoms with Crippen LogP contribution in [0.2, 0.25) is 0 Å². The van der Waals surface area contributed by atoms with Crippen LogP contribution in [0.3, 0.4) is 0 Å². The van der Waals surface area contributed by atoms with Crippen LogP contribution in [0.15, 0.2) is 78.9 Å². The number of amides is 1. The van der Waals surface area contributed by atoms with E-state index in [9.17, 15) is 4.79 Å². The average molecular weight is 440 g/mol. The van der Waals surface area contributed by atoms with Gasteiger partial charge in [0.05, 0.1) is 12.8 Å². The molecule has 0 radical (unpaired) electrons. The summed E-state index contributed by atoms with van der Waals surface area (Å²) in [5, 5.41) is 1.67. The number of H-pyrrole nitrogens is 1. The van der Waals surface area contributed by atoms with Crippen LogP contribution in [0, 0.1) is 0 Å². The zero-order valence-corrected chi connectivity index (χ0v) is 18.3. The van der Waals surface area contributed by atoms with Crippen molar-refractivity contribution in [1.82, 2.24) is 9.88 Å². The highest BCUT2D eigenvalue weighted by Gasteiger charge is 2.51. The van der Waals surface area contributed by atoms with Gasteiger partial charge in [-0.15, -0.1) is 0 Å². The molecule has 4 aromatic rings. The molecule has 0 aliphatic carbocycles. The lowest BCUT2D eigenvalue weighted by molar-refractivity contribution is -0.120. The first-order valence-corrected chi connectivity index (χ1v) is 11.0. The molecular formula is C26H21N3O2S. The Kier molecular flexibility index (Phi) is 4.30. The molecule has 1 aromatic heterocycles. The number of anilines is 1. The highest BCUT2D eigenvalue weighted by atomic mass is 32.1. The molecule has 0 saturated carbocycles. The quantitative estimate of drug-likeness (QED) is 0.465. The molecule has 3 aromatic carbocycles. The zero-order valence-electron chi connectivity index (χ0n) is 17.5. The van der Waals surface area contributed by atoms with E-state index in [4.69, 9.17) is 17.0 Å². The molecule has 1 N–H and O–H groups in total. The summed E-state index contributed by atoms with van der Waals surface area (Å²) in [6.45, 7) is 0. The summed E-state index contributed by atoms with van der Waals surface area (Å²) in [6, 6.07) is 25.2. The Labute approximate surface area is 191 Å². The normalized spacial score (nSPS) is 19.9. The second-order valence-electron chi connectivity index (χ2n) is 8.13. The molecule has 3 heterocycles. The maximum Gasteiger partial charge on any atom is 0.256 e. The van der Waals surface area contributed by atoms with Crippen LogP contribution in [0.1, 0.15) is 22.9 Å². The van der Waals surface area contributed by atoms with Gasteiger partial charge in [0.15, 0.2) is 5.11 Å². The van der Waals surface area contributed by atoms with Crippen LogP contribution in [-0.2, 0) is 11.2 Å². The van der Waals surface area contributed by atoms with Crippen molar-refractivity contribution >= 4 is 39.8 Å². The third-order valence-corrected chi connectivity index (χ3v) is 6.89. The van der Waals surface area contributed by atoms with Crippen molar-refractivity contribution in [3.8, 4) is 5.75 Å². The number of carbonyl (C=O) groups is 1. The van der Waals surface area contributed by atoms with Gasteiger partial charge in [-0.1, -0.05) is 54.6 Å². The summed E-state index contributed by atoms with van der Waals surface area (Å²) in [7, 11) is 1.68. The Morgan fingerprint density at radius 1 is 0.969 bits per heavy atom. The number of carbonyl (C=O) groups excluding carboxylic acids is 1. The summed E-state index contributed by atoms with van der Waals surface area (Å²) >= 11 is 5.94. The number of rotatable bonds is 3. The van der Waals surface area contributed by atoms with E-state index in [0.717, 1.165) is 33.6 Å². The molecule has 6 heteroatoms. The second kappa shape index (κ2) is 7.21. The number of hydrogen-bond donors (Lipinski definition) is 1. The van der Waals surface area contributed by atoms with Crippen molar-refractivity contribution in [3.05, 3.63) is 95.7 Å². The van der Waals surface area contributed by atoms with E-state index in [2.05, 4.69) is 28.1 Å². The van der Waals surface area contributed by atoms with Crippen molar-refractivity contribution in [3.63, 3.8) is 0 Å². The highest BCUT2D eigenvalue weighted by molar-refractivity contribution is 7.80. The van der Waals surface area contributed by atoms with Gasteiger partial charge in [-0.05, 0) is 42.0 Å². The first-order chi connectivity index (χ1) is 15.7. The molecule has 1 fully saturated rings. The highest BCUT2D eigenvalue weighted by Crippen LogP contribution is 2.46. The van der Waals surface area contributed by atoms with Gasteiger partial charge in [0, 0.05) is 28.6 Å². The first kappa shape index (κ1) is 19.1. The molecule has 2 aliphatic heterocycles. The SMILES string of the molecule is COc1ccccc1C1c2[nH]c3ccccc3c2CC2C(=O)N(c3ccccc3)C(=S)N21. The number of fused-ring (bicyclic) bond motifs is 4. The summed E-state index contributed by atoms with van der Waals surface area (Å²) in [5.74, 6) is 0.785. The molecular weight excluding hydrogens is 418 g/mol. The molecule has 0 spiro atoms. The van der Waals surface area contributed by atoms with Gasteiger partial charge >= 0.3 is 0 Å². The fourth-order valence-electron chi connectivity index (χ4n) is 5.11. The lowest BCUT2D eigenvalue weighted by atomic mass is 9.88. The summed E-state index contributed by atoms with van der Waals surface area (Å²) in [4.78, 5) is 21.1. The van der Waals surface area contributed by atoms with Crippen molar-refractivity contribution in [2.45, 2.75) is 18.5 Å². The first-order valence-electron chi connectivity index (χ1n) is 10.6. The van der Waals surface area contributed by atoms with E-state index < -0.39 is 0 Å². The molecule has 0 bridgehead atoms. The third kappa shape index (κ3) is 2.63. The Hall–Kier alpha value is -3.64. The van der Waals surface area contributed by atoms with Crippen LogP contribution in [0.5, 0.6) is 5.75 Å². The van der Waals surface area contributed by atoms with Crippen LogP contribution in [-0.4, -0.2) is 34.1 Å². The van der Waals surface area contributed by atoms with Gasteiger partial charge in [0.25, 0.3) is 5.91 Å². The maximum absolute atomic E-state index is 13.7. The predicted molar refractivity (Wildman–Crippen MR) is 129 cm³/mol. The lowest BCUT2D eigenvalue weighted by Gasteiger charge is -2.37. The number of para-hydroxylation sites is 3. The van der Waals surface area contributed by atoms with Crippen LogP contribution in [0.4, 0.5) is 5.69 Å². The minimum atomic E-state index is -0.371.